The average molecular weight is 335 g/mol. The van der Waals surface area contributed by atoms with Gasteiger partial charge in [-0.2, -0.15) is 0 Å². The topological polar surface area (TPSA) is 118 Å². The van der Waals surface area contributed by atoms with Gasteiger partial charge in [-0.3, -0.25) is 0 Å². The van der Waals surface area contributed by atoms with Crippen molar-refractivity contribution in [1.29, 1.82) is 0 Å². The molecule has 1 aromatic carbocycles. The summed E-state index contributed by atoms with van der Waals surface area (Å²) in [5, 5.41) is 9.03. The Morgan fingerprint density at radius 1 is 1.14 bits per heavy atom. The number of sulfonamides is 1. The summed E-state index contributed by atoms with van der Waals surface area (Å²) >= 11 is 0. The number of benzene rings is 1. The summed E-state index contributed by atoms with van der Waals surface area (Å²) in [6.07, 6.45) is 1.00. The van der Waals surface area contributed by atoms with Crippen molar-refractivity contribution in [2.75, 3.05) is 18.6 Å². The van der Waals surface area contributed by atoms with Gasteiger partial charge in [0.2, 0.25) is 10.0 Å². The molecule has 0 unspecified atom stereocenters. The molecule has 1 rings (SSSR count). The second-order valence-electron chi connectivity index (χ2n) is 4.77. The average Bonchev–Trinajstić information content (AvgIpc) is 2.25. The van der Waals surface area contributed by atoms with Crippen LogP contribution in [0.4, 0.5) is 0 Å². The molecule has 1 aromatic rings. The van der Waals surface area contributed by atoms with E-state index in [0.29, 0.717) is 11.1 Å². The molecule has 0 fully saturated rings. The van der Waals surface area contributed by atoms with Crippen LogP contribution in [0, 0.1) is 13.8 Å². The standard InChI is InChI=1S/C12H17NO6S2/c1-8-6-9(2)11(7-10(8)12(14)15)21(18,19)13-4-5-20(3,16)17/h6-7,13H,4-5H2,1-3H3,(H,14,15). The van der Waals surface area contributed by atoms with Crippen LogP contribution < -0.4 is 4.72 Å². The molecule has 0 aliphatic rings. The molecule has 0 atom stereocenters. The number of carboxylic acid groups (broad SMARTS) is 1. The minimum Gasteiger partial charge on any atom is -0.478 e. The van der Waals surface area contributed by atoms with Crippen molar-refractivity contribution >= 4 is 25.8 Å². The fraction of sp³-hybridized carbons (Fsp3) is 0.417. The normalized spacial score (nSPS) is 12.3. The number of aromatic carboxylic acids is 1. The number of carboxylic acids is 1. The third-order valence-corrected chi connectivity index (χ3v) is 5.36. The number of hydrogen-bond acceptors (Lipinski definition) is 5. The summed E-state index contributed by atoms with van der Waals surface area (Å²) in [4.78, 5) is 10.9. The van der Waals surface area contributed by atoms with Gasteiger partial charge in [-0.15, -0.1) is 0 Å². The second-order valence-corrected chi connectivity index (χ2v) is 8.76. The highest BCUT2D eigenvalue weighted by Crippen LogP contribution is 2.20. The van der Waals surface area contributed by atoms with Crippen molar-refractivity contribution in [3.05, 3.63) is 28.8 Å². The van der Waals surface area contributed by atoms with Crippen LogP contribution in [0.2, 0.25) is 0 Å². The van der Waals surface area contributed by atoms with Crippen LogP contribution in [0.1, 0.15) is 21.5 Å². The first kappa shape index (κ1) is 17.6. The molecule has 0 aliphatic heterocycles. The zero-order valence-electron chi connectivity index (χ0n) is 11.9. The molecule has 0 saturated carbocycles. The van der Waals surface area contributed by atoms with E-state index in [2.05, 4.69) is 4.72 Å². The smallest absolute Gasteiger partial charge is 0.335 e. The van der Waals surface area contributed by atoms with Gasteiger partial charge < -0.3 is 5.11 Å². The molecule has 0 spiro atoms. The maximum Gasteiger partial charge on any atom is 0.335 e. The summed E-state index contributed by atoms with van der Waals surface area (Å²) in [6, 6.07) is 2.55. The van der Waals surface area contributed by atoms with E-state index in [9.17, 15) is 21.6 Å². The molecule has 0 amide bonds. The number of hydrogen-bond donors (Lipinski definition) is 2. The van der Waals surface area contributed by atoms with Gasteiger partial charge >= 0.3 is 5.97 Å². The monoisotopic (exact) mass is 335 g/mol. The lowest BCUT2D eigenvalue weighted by molar-refractivity contribution is 0.0696. The third kappa shape index (κ3) is 4.80. The molecule has 7 nitrogen and oxygen atoms in total. The van der Waals surface area contributed by atoms with Crippen LogP contribution in [0.3, 0.4) is 0 Å². The molecule has 0 saturated heterocycles. The first-order chi connectivity index (χ1) is 9.44. The fourth-order valence-electron chi connectivity index (χ4n) is 1.79. The number of rotatable bonds is 6. The van der Waals surface area contributed by atoms with Gasteiger partial charge in [0, 0.05) is 12.8 Å². The van der Waals surface area contributed by atoms with Crippen molar-refractivity contribution in [1.82, 2.24) is 4.72 Å². The lowest BCUT2D eigenvalue weighted by Gasteiger charge is -2.11. The van der Waals surface area contributed by atoms with Crippen molar-refractivity contribution in [3.8, 4) is 0 Å². The highest BCUT2D eigenvalue weighted by atomic mass is 32.2. The Kier molecular flexibility index (Phi) is 5.13. The van der Waals surface area contributed by atoms with E-state index in [1.54, 1.807) is 13.8 Å². The van der Waals surface area contributed by atoms with E-state index in [1.807, 2.05) is 0 Å². The summed E-state index contributed by atoms with van der Waals surface area (Å²) in [5.41, 5.74) is 0.739. The Labute approximate surface area is 124 Å². The molecule has 9 heteroatoms. The predicted molar refractivity (Wildman–Crippen MR) is 77.8 cm³/mol. The van der Waals surface area contributed by atoms with Gasteiger partial charge in [-0.25, -0.2) is 26.4 Å². The highest BCUT2D eigenvalue weighted by molar-refractivity contribution is 7.91. The van der Waals surface area contributed by atoms with Crippen LogP contribution in [0.5, 0.6) is 0 Å². The maximum atomic E-state index is 12.1. The van der Waals surface area contributed by atoms with E-state index in [-0.39, 0.29) is 22.8 Å². The summed E-state index contributed by atoms with van der Waals surface area (Å²) in [7, 11) is -7.25. The lowest BCUT2D eigenvalue weighted by atomic mass is 10.1. The Bertz CT molecular complexity index is 765. The van der Waals surface area contributed by atoms with Crippen molar-refractivity contribution < 1.29 is 26.7 Å². The number of aryl methyl sites for hydroxylation is 2. The molecular weight excluding hydrogens is 318 g/mol. The Balaban J connectivity index is 3.14. The molecule has 0 heterocycles. The van der Waals surface area contributed by atoms with Gasteiger partial charge in [0.15, 0.2) is 0 Å². The van der Waals surface area contributed by atoms with Crippen LogP contribution >= 0.6 is 0 Å². The van der Waals surface area contributed by atoms with E-state index in [4.69, 9.17) is 5.11 Å². The summed E-state index contributed by atoms with van der Waals surface area (Å²) < 4.78 is 48.4. The van der Waals surface area contributed by atoms with Gasteiger partial charge in [0.1, 0.15) is 9.84 Å². The van der Waals surface area contributed by atoms with Crippen LogP contribution in [0.15, 0.2) is 17.0 Å². The van der Waals surface area contributed by atoms with Crippen LogP contribution in [-0.2, 0) is 19.9 Å². The molecule has 21 heavy (non-hydrogen) atoms. The largest absolute Gasteiger partial charge is 0.478 e. The van der Waals surface area contributed by atoms with Gasteiger partial charge in [0.05, 0.1) is 16.2 Å². The Morgan fingerprint density at radius 3 is 2.19 bits per heavy atom. The third-order valence-electron chi connectivity index (χ3n) is 2.81. The second kappa shape index (κ2) is 6.12. The quantitative estimate of drug-likeness (QED) is 0.773. The Hall–Kier alpha value is -1.45. The van der Waals surface area contributed by atoms with E-state index < -0.39 is 25.8 Å². The molecule has 0 aromatic heterocycles. The van der Waals surface area contributed by atoms with E-state index in [0.717, 1.165) is 12.3 Å². The van der Waals surface area contributed by atoms with E-state index in [1.165, 1.54) is 6.07 Å². The fourth-order valence-corrected chi connectivity index (χ4v) is 3.68. The molecule has 0 radical (unpaired) electrons. The molecule has 0 aliphatic carbocycles. The zero-order valence-corrected chi connectivity index (χ0v) is 13.5. The minimum atomic E-state index is -3.96. The SMILES string of the molecule is Cc1cc(C)c(S(=O)(=O)NCCS(C)(=O)=O)cc1C(=O)O. The van der Waals surface area contributed by atoms with Gasteiger partial charge in [-0.05, 0) is 31.0 Å². The van der Waals surface area contributed by atoms with Crippen molar-refractivity contribution in [2.45, 2.75) is 18.7 Å². The van der Waals surface area contributed by atoms with Crippen LogP contribution in [-0.4, -0.2) is 46.5 Å². The summed E-state index contributed by atoms with van der Waals surface area (Å²) in [5.74, 6) is -1.55. The predicted octanol–water partition coefficient (Wildman–Crippen LogP) is 0.325. The molecule has 2 N–H and O–H groups in total. The van der Waals surface area contributed by atoms with Crippen LogP contribution in [0.25, 0.3) is 0 Å². The molecule has 118 valence electrons. The first-order valence-electron chi connectivity index (χ1n) is 5.96. The van der Waals surface area contributed by atoms with E-state index >= 15 is 0 Å². The number of nitrogens with one attached hydrogen (secondary N) is 1. The molecular formula is C12H17NO6S2. The van der Waals surface area contributed by atoms with Gasteiger partial charge in [-0.1, -0.05) is 6.07 Å². The highest BCUT2D eigenvalue weighted by Gasteiger charge is 2.20. The Morgan fingerprint density at radius 2 is 1.71 bits per heavy atom. The van der Waals surface area contributed by atoms with Gasteiger partial charge in [0.25, 0.3) is 0 Å². The number of carbonyl (C=O) groups is 1. The number of sulfone groups is 1. The zero-order chi connectivity index (χ0) is 16.4. The van der Waals surface area contributed by atoms with Crippen molar-refractivity contribution in [3.63, 3.8) is 0 Å². The molecule has 0 bridgehead atoms. The lowest BCUT2D eigenvalue weighted by Crippen LogP contribution is -2.29. The first-order valence-corrected chi connectivity index (χ1v) is 9.50. The maximum absolute atomic E-state index is 12.1. The van der Waals surface area contributed by atoms with Crippen molar-refractivity contribution in [2.24, 2.45) is 0 Å². The minimum absolute atomic E-state index is 0.107. The summed E-state index contributed by atoms with van der Waals surface area (Å²) in [6.45, 7) is 2.85.